The molecule has 9 nitrogen and oxygen atoms in total. The van der Waals surface area contributed by atoms with E-state index in [0.717, 1.165) is 17.1 Å². The number of aryl methyl sites for hydroxylation is 3. The maximum absolute atomic E-state index is 12.0. The quantitative estimate of drug-likeness (QED) is 0.531. The van der Waals surface area contributed by atoms with Crippen LogP contribution in [0.2, 0.25) is 0 Å². The van der Waals surface area contributed by atoms with Crippen LogP contribution in [0.5, 0.6) is 5.75 Å². The highest BCUT2D eigenvalue weighted by Gasteiger charge is 2.08. The molecule has 152 valence electrons. The SMILES string of the molecule is COc1ccc(NC(=O)NCCNc2cc(-n3nc(C)cc3C)nc(C)n2)cc1. The minimum atomic E-state index is -0.279. The number of hydrogen-bond donors (Lipinski definition) is 3. The van der Waals surface area contributed by atoms with Gasteiger partial charge in [0.15, 0.2) is 5.82 Å². The Labute approximate surface area is 169 Å². The smallest absolute Gasteiger partial charge is 0.319 e. The topological polar surface area (TPSA) is 106 Å². The normalized spacial score (nSPS) is 10.5. The molecular formula is C20H25N7O2. The fourth-order valence-corrected chi connectivity index (χ4v) is 2.83. The lowest BCUT2D eigenvalue weighted by Gasteiger charge is -2.11. The minimum absolute atomic E-state index is 0.279. The van der Waals surface area contributed by atoms with Crippen LogP contribution >= 0.6 is 0 Å². The molecule has 0 atom stereocenters. The van der Waals surface area contributed by atoms with Crippen LogP contribution in [-0.4, -0.2) is 46.0 Å². The molecule has 1 aromatic carbocycles. The summed E-state index contributed by atoms with van der Waals surface area (Å²) in [6.45, 7) is 6.71. The van der Waals surface area contributed by atoms with Crippen molar-refractivity contribution in [1.29, 1.82) is 0 Å². The van der Waals surface area contributed by atoms with E-state index in [0.29, 0.717) is 36.2 Å². The van der Waals surface area contributed by atoms with Gasteiger partial charge in [0.25, 0.3) is 0 Å². The summed E-state index contributed by atoms with van der Waals surface area (Å²) in [6.07, 6.45) is 0. The summed E-state index contributed by atoms with van der Waals surface area (Å²) in [7, 11) is 1.60. The molecule has 29 heavy (non-hydrogen) atoms. The molecule has 3 aromatic rings. The number of urea groups is 1. The summed E-state index contributed by atoms with van der Waals surface area (Å²) >= 11 is 0. The maximum atomic E-state index is 12.0. The molecule has 0 bridgehead atoms. The Kier molecular flexibility index (Phi) is 6.28. The Hall–Kier alpha value is -3.62. The summed E-state index contributed by atoms with van der Waals surface area (Å²) in [5, 5.41) is 13.2. The van der Waals surface area contributed by atoms with E-state index in [2.05, 4.69) is 31.0 Å². The first-order valence-electron chi connectivity index (χ1n) is 9.26. The molecule has 0 aliphatic rings. The van der Waals surface area contributed by atoms with E-state index >= 15 is 0 Å². The number of nitrogens with zero attached hydrogens (tertiary/aromatic N) is 4. The molecule has 0 saturated carbocycles. The number of nitrogens with one attached hydrogen (secondary N) is 3. The van der Waals surface area contributed by atoms with Crippen LogP contribution in [0.4, 0.5) is 16.3 Å². The Morgan fingerprint density at radius 1 is 1.07 bits per heavy atom. The van der Waals surface area contributed by atoms with Gasteiger partial charge >= 0.3 is 6.03 Å². The van der Waals surface area contributed by atoms with Gasteiger partial charge in [0.1, 0.15) is 17.4 Å². The van der Waals surface area contributed by atoms with Crippen LogP contribution < -0.4 is 20.7 Å². The second-order valence-electron chi connectivity index (χ2n) is 6.53. The van der Waals surface area contributed by atoms with Gasteiger partial charge in [-0.25, -0.2) is 19.4 Å². The van der Waals surface area contributed by atoms with E-state index < -0.39 is 0 Å². The lowest BCUT2D eigenvalue weighted by molar-refractivity contribution is 0.252. The molecule has 9 heteroatoms. The number of aromatic nitrogens is 4. The molecule has 3 N–H and O–H groups in total. The Morgan fingerprint density at radius 2 is 1.83 bits per heavy atom. The molecule has 2 aromatic heterocycles. The van der Waals surface area contributed by atoms with Crippen molar-refractivity contribution in [2.24, 2.45) is 0 Å². The second-order valence-corrected chi connectivity index (χ2v) is 6.53. The lowest BCUT2D eigenvalue weighted by Crippen LogP contribution is -2.32. The number of carbonyl (C=O) groups excluding carboxylic acids is 1. The third-order valence-electron chi connectivity index (χ3n) is 4.12. The van der Waals surface area contributed by atoms with Crippen molar-refractivity contribution in [3.05, 3.63) is 53.6 Å². The average Bonchev–Trinajstić information content (AvgIpc) is 3.03. The van der Waals surface area contributed by atoms with Gasteiger partial charge in [0.2, 0.25) is 0 Å². The van der Waals surface area contributed by atoms with Gasteiger partial charge in [0.05, 0.1) is 12.8 Å². The van der Waals surface area contributed by atoms with E-state index in [4.69, 9.17) is 4.74 Å². The molecule has 0 spiro atoms. The van der Waals surface area contributed by atoms with Gasteiger partial charge in [-0.2, -0.15) is 5.10 Å². The summed E-state index contributed by atoms with van der Waals surface area (Å²) in [6, 6.07) is 10.7. The van der Waals surface area contributed by atoms with Crippen LogP contribution in [-0.2, 0) is 0 Å². The van der Waals surface area contributed by atoms with E-state index in [1.54, 1.807) is 36.1 Å². The highest BCUT2D eigenvalue weighted by molar-refractivity contribution is 5.89. The Bertz CT molecular complexity index is 983. The lowest BCUT2D eigenvalue weighted by atomic mass is 10.3. The molecule has 0 radical (unpaired) electrons. The van der Waals surface area contributed by atoms with Gasteiger partial charge in [-0.05, 0) is 51.1 Å². The zero-order chi connectivity index (χ0) is 20.8. The monoisotopic (exact) mass is 395 g/mol. The fraction of sp³-hybridized carbons (Fsp3) is 0.300. The number of amides is 2. The van der Waals surface area contributed by atoms with Crippen molar-refractivity contribution in [1.82, 2.24) is 25.1 Å². The first kappa shape index (κ1) is 20.1. The van der Waals surface area contributed by atoms with Crippen molar-refractivity contribution < 1.29 is 9.53 Å². The fourth-order valence-electron chi connectivity index (χ4n) is 2.83. The molecule has 0 unspecified atom stereocenters. The van der Waals surface area contributed by atoms with Crippen molar-refractivity contribution in [2.45, 2.75) is 20.8 Å². The summed E-state index contributed by atoms with van der Waals surface area (Å²) in [5.74, 6) is 2.76. The van der Waals surface area contributed by atoms with Crippen LogP contribution in [0.1, 0.15) is 17.2 Å². The molecule has 0 saturated heterocycles. The largest absolute Gasteiger partial charge is 0.497 e. The molecule has 0 aliphatic carbocycles. The van der Waals surface area contributed by atoms with Gasteiger partial charge < -0.3 is 20.7 Å². The summed E-state index contributed by atoms with van der Waals surface area (Å²) in [5.41, 5.74) is 2.63. The number of rotatable bonds is 7. The van der Waals surface area contributed by atoms with Gasteiger partial charge in [-0.1, -0.05) is 0 Å². The van der Waals surface area contributed by atoms with Crippen LogP contribution in [0.3, 0.4) is 0 Å². The molecule has 0 fully saturated rings. The van der Waals surface area contributed by atoms with Crippen molar-refractivity contribution in [3.63, 3.8) is 0 Å². The Balaban J connectivity index is 1.51. The minimum Gasteiger partial charge on any atom is -0.497 e. The number of benzene rings is 1. The second kappa shape index (κ2) is 9.05. The zero-order valence-electron chi connectivity index (χ0n) is 17.0. The van der Waals surface area contributed by atoms with E-state index in [1.165, 1.54) is 0 Å². The number of hydrogen-bond acceptors (Lipinski definition) is 6. The maximum Gasteiger partial charge on any atom is 0.319 e. The highest BCUT2D eigenvalue weighted by atomic mass is 16.5. The summed E-state index contributed by atoms with van der Waals surface area (Å²) in [4.78, 5) is 20.8. The van der Waals surface area contributed by atoms with Crippen molar-refractivity contribution in [2.75, 3.05) is 30.8 Å². The molecule has 2 amide bonds. The van der Waals surface area contributed by atoms with Gasteiger partial charge in [0, 0.05) is 30.5 Å². The third kappa shape index (κ3) is 5.44. The molecule has 0 aliphatic heterocycles. The van der Waals surface area contributed by atoms with Crippen LogP contribution in [0.15, 0.2) is 36.4 Å². The zero-order valence-corrected chi connectivity index (χ0v) is 17.0. The van der Waals surface area contributed by atoms with E-state index in [9.17, 15) is 4.79 Å². The van der Waals surface area contributed by atoms with E-state index in [-0.39, 0.29) is 6.03 Å². The molecular weight excluding hydrogens is 370 g/mol. The predicted molar refractivity (Wildman–Crippen MR) is 112 cm³/mol. The van der Waals surface area contributed by atoms with Crippen LogP contribution in [0, 0.1) is 20.8 Å². The number of ether oxygens (including phenoxy) is 1. The number of carbonyl (C=O) groups is 1. The van der Waals surface area contributed by atoms with Gasteiger partial charge in [-0.15, -0.1) is 0 Å². The highest BCUT2D eigenvalue weighted by Crippen LogP contribution is 2.15. The van der Waals surface area contributed by atoms with Crippen molar-refractivity contribution >= 4 is 17.5 Å². The first-order chi connectivity index (χ1) is 13.9. The first-order valence-corrected chi connectivity index (χ1v) is 9.26. The van der Waals surface area contributed by atoms with Gasteiger partial charge in [-0.3, -0.25) is 0 Å². The summed E-state index contributed by atoms with van der Waals surface area (Å²) < 4.78 is 6.88. The van der Waals surface area contributed by atoms with Crippen molar-refractivity contribution in [3.8, 4) is 11.6 Å². The standard InChI is InChI=1S/C20H25N7O2/c1-13-11-14(2)27(26-13)19-12-18(23-15(3)24-19)21-9-10-22-20(28)25-16-5-7-17(29-4)8-6-16/h5-8,11-12H,9-10H2,1-4H3,(H,21,23,24)(H2,22,25,28). The number of methoxy groups -OCH3 is 1. The molecule has 2 heterocycles. The predicted octanol–water partition coefficient (Wildman–Crippen LogP) is 2.83. The number of anilines is 2. The average molecular weight is 395 g/mol. The molecule has 3 rings (SSSR count). The third-order valence-corrected chi connectivity index (χ3v) is 4.12. The van der Waals surface area contributed by atoms with E-state index in [1.807, 2.05) is 32.9 Å². The van der Waals surface area contributed by atoms with Crippen LogP contribution in [0.25, 0.3) is 5.82 Å². The Morgan fingerprint density at radius 3 is 2.48 bits per heavy atom.